The molecule has 3 aromatic heterocycles. The van der Waals surface area contributed by atoms with E-state index >= 15 is 0 Å². The van der Waals surface area contributed by atoms with Crippen LogP contribution >= 0.6 is 0 Å². The average Bonchev–Trinajstić information content (AvgIpc) is 3.21. The molecular formula is C20H25N7O5. The zero-order valence-electron chi connectivity index (χ0n) is 18.1. The SMILES string of the molecule is COc1cncc(OC2CCC(NC(=O)Cn3cnc4c3c(=O)n(C)c(=O)n4C)CC2)n1. The Morgan fingerprint density at radius 3 is 2.56 bits per heavy atom. The Labute approximate surface area is 182 Å². The van der Waals surface area contributed by atoms with Crippen molar-refractivity contribution in [3.63, 3.8) is 0 Å². The number of hydrogen-bond acceptors (Lipinski definition) is 8. The van der Waals surface area contributed by atoms with Gasteiger partial charge in [0.25, 0.3) is 5.56 Å². The molecule has 32 heavy (non-hydrogen) atoms. The third-order valence-corrected chi connectivity index (χ3v) is 5.66. The number of fused-ring (bicyclic) bond motifs is 1. The molecule has 0 saturated heterocycles. The molecule has 3 heterocycles. The van der Waals surface area contributed by atoms with Crippen LogP contribution in [-0.4, -0.2) is 53.8 Å². The summed E-state index contributed by atoms with van der Waals surface area (Å²) in [5.74, 6) is 0.591. The Bertz CT molecular complexity index is 1250. The van der Waals surface area contributed by atoms with Gasteiger partial charge < -0.3 is 19.4 Å². The molecule has 12 heteroatoms. The number of carbonyl (C=O) groups is 1. The first-order valence-corrected chi connectivity index (χ1v) is 10.3. The van der Waals surface area contributed by atoms with Crippen molar-refractivity contribution in [1.82, 2.24) is 34.0 Å². The van der Waals surface area contributed by atoms with Crippen molar-refractivity contribution in [2.24, 2.45) is 14.1 Å². The molecule has 0 aromatic carbocycles. The van der Waals surface area contributed by atoms with E-state index in [9.17, 15) is 14.4 Å². The summed E-state index contributed by atoms with van der Waals surface area (Å²) in [7, 11) is 4.46. The normalized spacial score (nSPS) is 18.5. The molecule has 0 unspecified atom stereocenters. The highest BCUT2D eigenvalue weighted by Crippen LogP contribution is 2.23. The van der Waals surface area contributed by atoms with Gasteiger partial charge in [0.05, 0.1) is 25.8 Å². The highest BCUT2D eigenvalue weighted by molar-refractivity contribution is 5.79. The predicted octanol–water partition coefficient (Wildman–Crippen LogP) is -0.261. The second-order valence-electron chi connectivity index (χ2n) is 7.81. The standard InChI is InChI=1S/C20H25N7O5/c1-25-18-17(19(29)26(2)20(25)30)27(11-22-18)10-14(28)23-12-4-6-13(7-5-12)32-16-9-21-8-15(24-16)31-3/h8-9,11-13H,4-7,10H2,1-3H3,(H,23,28). The molecule has 0 bridgehead atoms. The van der Waals surface area contributed by atoms with Gasteiger partial charge in [0.15, 0.2) is 11.2 Å². The Hall–Kier alpha value is -3.70. The Kier molecular flexibility index (Phi) is 5.93. The molecule has 0 radical (unpaired) electrons. The van der Waals surface area contributed by atoms with Crippen LogP contribution in [0.1, 0.15) is 25.7 Å². The molecule has 1 aliphatic carbocycles. The largest absolute Gasteiger partial charge is 0.480 e. The van der Waals surface area contributed by atoms with E-state index in [0.29, 0.717) is 11.8 Å². The lowest BCUT2D eigenvalue weighted by Crippen LogP contribution is -2.41. The Balaban J connectivity index is 1.35. The summed E-state index contributed by atoms with van der Waals surface area (Å²) >= 11 is 0. The summed E-state index contributed by atoms with van der Waals surface area (Å²) < 4.78 is 14.7. The van der Waals surface area contributed by atoms with Gasteiger partial charge in [-0.2, -0.15) is 4.98 Å². The van der Waals surface area contributed by atoms with Crippen LogP contribution in [0.25, 0.3) is 11.2 Å². The van der Waals surface area contributed by atoms with E-state index in [1.54, 1.807) is 13.2 Å². The summed E-state index contributed by atoms with van der Waals surface area (Å²) in [5, 5.41) is 3.02. The lowest BCUT2D eigenvalue weighted by atomic mass is 9.93. The van der Waals surface area contributed by atoms with Gasteiger partial charge in [-0.1, -0.05) is 0 Å². The zero-order chi connectivity index (χ0) is 22.8. The van der Waals surface area contributed by atoms with Crippen LogP contribution in [0.5, 0.6) is 11.8 Å². The molecular weight excluding hydrogens is 418 g/mol. The lowest BCUT2D eigenvalue weighted by Gasteiger charge is -2.29. The zero-order valence-corrected chi connectivity index (χ0v) is 18.1. The van der Waals surface area contributed by atoms with Gasteiger partial charge in [-0.15, -0.1) is 0 Å². The molecule has 1 amide bonds. The van der Waals surface area contributed by atoms with E-state index in [4.69, 9.17) is 9.47 Å². The molecule has 1 N–H and O–H groups in total. The van der Waals surface area contributed by atoms with Crippen LogP contribution in [0.15, 0.2) is 28.3 Å². The van der Waals surface area contributed by atoms with Crippen LogP contribution < -0.4 is 26.0 Å². The first kappa shape index (κ1) is 21.5. The molecule has 0 atom stereocenters. The maximum atomic E-state index is 12.6. The molecule has 1 aliphatic rings. The summed E-state index contributed by atoms with van der Waals surface area (Å²) in [6, 6.07) is 0.0146. The van der Waals surface area contributed by atoms with Crippen molar-refractivity contribution in [2.45, 2.75) is 44.4 Å². The highest BCUT2D eigenvalue weighted by Gasteiger charge is 2.25. The number of rotatable bonds is 6. The minimum absolute atomic E-state index is 0.00791. The number of methoxy groups -OCH3 is 1. The summed E-state index contributed by atoms with van der Waals surface area (Å²) in [6.45, 7) is -0.0558. The van der Waals surface area contributed by atoms with Gasteiger partial charge in [0.1, 0.15) is 12.6 Å². The topological polar surface area (TPSA) is 135 Å². The van der Waals surface area contributed by atoms with E-state index in [-0.39, 0.29) is 35.8 Å². The van der Waals surface area contributed by atoms with Crippen molar-refractivity contribution in [1.29, 1.82) is 0 Å². The molecule has 170 valence electrons. The molecule has 0 spiro atoms. The molecule has 0 aliphatic heterocycles. The Morgan fingerprint density at radius 2 is 1.84 bits per heavy atom. The van der Waals surface area contributed by atoms with Crippen LogP contribution in [-0.2, 0) is 25.4 Å². The minimum Gasteiger partial charge on any atom is -0.480 e. The fraction of sp³-hybridized carbons (Fsp3) is 0.500. The molecule has 4 rings (SSSR count). The van der Waals surface area contributed by atoms with E-state index in [0.717, 1.165) is 30.3 Å². The van der Waals surface area contributed by atoms with E-state index in [1.165, 1.54) is 35.8 Å². The van der Waals surface area contributed by atoms with Crippen molar-refractivity contribution < 1.29 is 14.3 Å². The second kappa shape index (κ2) is 8.81. The van der Waals surface area contributed by atoms with Gasteiger partial charge in [-0.3, -0.25) is 23.7 Å². The smallest absolute Gasteiger partial charge is 0.332 e. The summed E-state index contributed by atoms with van der Waals surface area (Å²) in [4.78, 5) is 49.5. The minimum atomic E-state index is -0.480. The van der Waals surface area contributed by atoms with Crippen LogP contribution in [0, 0.1) is 0 Å². The Morgan fingerprint density at radius 1 is 1.12 bits per heavy atom. The number of aryl methyl sites for hydroxylation is 1. The van der Waals surface area contributed by atoms with Crippen molar-refractivity contribution >= 4 is 17.1 Å². The first-order valence-electron chi connectivity index (χ1n) is 10.3. The van der Waals surface area contributed by atoms with Crippen molar-refractivity contribution in [2.75, 3.05) is 7.11 Å². The van der Waals surface area contributed by atoms with Crippen LogP contribution in [0.4, 0.5) is 0 Å². The number of carbonyl (C=O) groups excluding carboxylic acids is 1. The quantitative estimate of drug-likeness (QED) is 0.550. The fourth-order valence-electron chi connectivity index (χ4n) is 3.93. The van der Waals surface area contributed by atoms with Crippen molar-refractivity contribution in [3.8, 4) is 11.8 Å². The number of nitrogens with zero attached hydrogens (tertiary/aromatic N) is 6. The number of hydrogen-bond donors (Lipinski definition) is 1. The molecule has 1 fully saturated rings. The summed E-state index contributed by atoms with van der Waals surface area (Å²) in [5.41, 5.74) is -0.465. The highest BCUT2D eigenvalue weighted by atomic mass is 16.5. The number of nitrogens with one attached hydrogen (secondary N) is 1. The number of ether oxygens (including phenoxy) is 2. The predicted molar refractivity (Wildman–Crippen MR) is 114 cm³/mol. The molecule has 3 aromatic rings. The van der Waals surface area contributed by atoms with Crippen LogP contribution in [0.2, 0.25) is 0 Å². The number of imidazole rings is 1. The van der Waals surface area contributed by atoms with E-state index in [2.05, 4.69) is 20.3 Å². The van der Waals surface area contributed by atoms with Crippen LogP contribution in [0.3, 0.4) is 0 Å². The van der Waals surface area contributed by atoms with Gasteiger partial charge in [-0.25, -0.2) is 9.78 Å². The summed E-state index contributed by atoms with van der Waals surface area (Å²) in [6.07, 6.45) is 7.51. The monoisotopic (exact) mass is 443 g/mol. The van der Waals surface area contributed by atoms with Gasteiger partial charge in [-0.05, 0) is 25.7 Å². The van der Waals surface area contributed by atoms with Gasteiger partial charge in [0.2, 0.25) is 17.7 Å². The second-order valence-corrected chi connectivity index (χ2v) is 7.81. The van der Waals surface area contributed by atoms with Crippen molar-refractivity contribution in [3.05, 3.63) is 39.6 Å². The van der Waals surface area contributed by atoms with Gasteiger partial charge in [0, 0.05) is 20.1 Å². The lowest BCUT2D eigenvalue weighted by molar-refractivity contribution is -0.122. The third kappa shape index (κ3) is 4.20. The molecule has 1 saturated carbocycles. The molecule has 12 nitrogen and oxygen atoms in total. The van der Waals surface area contributed by atoms with E-state index < -0.39 is 11.2 Å². The first-order chi connectivity index (χ1) is 15.4. The third-order valence-electron chi connectivity index (χ3n) is 5.66. The van der Waals surface area contributed by atoms with Gasteiger partial charge >= 0.3 is 5.69 Å². The maximum absolute atomic E-state index is 12.6. The number of aromatic nitrogens is 6. The number of amides is 1. The maximum Gasteiger partial charge on any atom is 0.332 e. The average molecular weight is 443 g/mol. The fourth-order valence-corrected chi connectivity index (χ4v) is 3.93. The van der Waals surface area contributed by atoms with E-state index in [1.807, 2.05) is 0 Å².